The van der Waals surface area contributed by atoms with E-state index in [0.29, 0.717) is 11.1 Å². The standard InChI is InChI=1S/C18H18ClFN4/c1-23-6-5-15(22-23)8-12-4-7-24(11-12)18-16-10-14(20)3-2-13(16)9-17(19)21-18/h2-3,5-6,9-10,12H,4,7-8,11H2,1H3. The number of fused-ring (bicyclic) bond motifs is 1. The van der Waals surface area contributed by atoms with E-state index in [4.69, 9.17) is 11.6 Å². The molecule has 0 saturated carbocycles. The number of halogens is 2. The Balaban J connectivity index is 1.60. The van der Waals surface area contributed by atoms with Crippen LogP contribution in [0.2, 0.25) is 5.15 Å². The second kappa shape index (κ2) is 6.06. The van der Waals surface area contributed by atoms with Gasteiger partial charge in [-0.2, -0.15) is 5.10 Å². The number of aryl methyl sites for hydroxylation is 1. The van der Waals surface area contributed by atoms with Gasteiger partial charge in [0.25, 0.3) is 0 Å². The summed E-state index contributed by atoms with van der Waals surface area (Å²) in [5.74, 6) is 1.04. The van der Waals surface area contributed by atoms with Crippen molar-refractivity contribution < 1.29 is 4.39 Å². The normalized spacial score (nSPS) is 17.8. The van der Waals surface area contributed by atoms with Crippen LogP contribution >= 0.6 is 11.6 Å². The zero-order valence-corrected chi connectivity index (χ0v) is 14.2. The number of anilines is 1. The molecule has 0 aliphatic carbocycles. The second-order valence-electron chi connectivity index (χ2n) is 6.42. The van der Waals surface area contributed by atoms with Gasteiger partial charge in [0.15, 0.2) is 0 Å². The highest BCUT2D eigenvalue weighted by Gasteiger charge is 2.26. The number of rotatable bonds is 3. The molecule has 3 aromatic rings. The molecule has 1 saturated heterocycles. The van der Waals surface area contributed by atoms with Gasteiger partial charge in [-0.05, 0) is 48.4 Å². The minimum Gasteiger partial charge on any atom is -0.356 e. The number of hydrogen-bond acceptors (Lipinski definition) is 3. The molecule has 0 spiro atoms. The molecule has 24 heavy (non-hydrogen) atoms. The van der Waals surface area contributed by atoms with E-state index in [0.717, 1.165) is 48.2 Å². The molecule has 124 valence electrons. The van der Waals surface area contributed by atoms with Crippen molar-refractivity contribution in [2.45, 2.75) is 12.8 Å². The lowest BCUT2D eigenvalue weighted by Crippen LogP contribution is -2.21. The third kappa shape index (κ3) is 2.96. The summed E-state index contributed by atoms with van der Waals surface area (Å²) in [6.07, 6.45) is 3.99. The molecule has 0 N–H and O–H groups in total. The Morgan fingerprint density at radius 3 is 2.96 bits per heavy atom. The highest BCUT2D eigenvalue weighted by Crippen LogP contribution is 2.32. The van der Waals surface area contributed by atoms with Gasteiger partial charge in [-0.15, -0.1) is 0 Å². The molecule has 3 heterocycles. The van der Waals surface area contributed by atoms with Gasteiger partial charge in [-0.25, -0.2) is 9.37 Å². The summed E-state index contributed by atoms with van der Waals surface area (Å²) in [6, 6.07) is 8.59. The van der Waals surface area contributed by atoms with E-state index >= 15 is 0 Å². The molecule has 1 aromatic carbocycles. The van der Waals surface area contributed by atoms with Gasteiger partial charge in [-0.3, -0.25) is 4.68 Å². The van der Waals surface area contributed by atoms with Crippen molar-refractivity contribution >= 4 is 28.2 Å². The van der Waals surface area contributed by atoms with Crippen molar-refractivity contribution in [1.29, 1.82) is 0 Å². The molecule has 2 aromatic heterocycles. The van der Waals surface area contributed by atoms with Crippen LogP contribution in [0.5, 0.6) is 0 Å². The first kappa shape index (κ1) is 15.4. The van der Waals surface area contributed by atoms with Crippen LogP contribution in [0.3, 0.4) is 0 Å². The fourth-order valence-corrected chi connectivity index (χ4v) is 3.67. The average molecular weight is 345 g/mol. The number of aromatic nitrogens is 3. The fourth-order valence-electron chi connectivity index (χ4n) is 3.47. The zero-order valence-electron chi connectivity index (χ0n) is 13.4. The predicted octanol–water partition coefficient (Wildman–Crippen LogP) is 3.83. The quantitative estimate of drug-likeness (QED) is 0.677. The molecule has 0 amide bonds. The smallest absolute Gasteiger partial charge is 0.138 e. The van der Waals surface area contributed by atoms with Gasteiger partial charge >= 0.3 is 0 Å². The van der Waals surface area contributed by atoms with E-state index in [2.05, 4.69) is 21.0 Å². The van der Waals surface area contributed by atoms with Crippen LogP contribution < -0.4 is 4.90 Å². The van der Waals surface area contributed by atoms with Crippen LogP contribution in [0.25, 0.3) is 10.8 Å². The molecule has 0 bridgehead atoms. The topological polar surface area (TPSA) is 34.0 Å². The Bertz CT molecular complexity index is 892. The van der Waals surface area contributed by atoms with Crippen LogP contribution in [0.15, 0.2) is 36.5 Å². The molecule has 1 aliphatic rings. The molecule has 1 fully saturated rings. The SMILES string of the molecule is Cn1ccc(CC2CCN(c3nc(Cl)cc4ccc(F)cc34)C2)n1. The number of pyridine rings is 1. The van der Waals surface area contributed by atoms with E-state index in [1.165, 1.54) is 6.07 Å². The van der Waals surface area contributed by atoms with Crippen molar-refractivity contribution in [3.05, 3.63) is 53.2 Å². The van der Waals surface area contributed by atoms with E-state index < -0.39 is 0 Å². The molecule has 1 atom stereocenters. The lowest BCUT2D eigenvalue weighted by atomic mass is 10.0. The third-order valence-corrected chi connectivity index (χ3v) is 4.79. The Morgan fingerprint density at radius 1 is 1.29 bits per heavy atom. The maximum absolute atomic E-state index is 13.7. The van der Waals surface area contributed by atoms with Crippen LogP contribution in [-0.4, -0.2) is 27.9 Å². The maximum Gasteiger partial charge on any atom is 0.138 e. The number of nitrogens with zero attached hydrogens (tertiary/aromatic N) is 4. The summed E-state index contributed by atoms with van der Waals surface area (Å²) in [5, 5.41) is 6.64. The van der Waals surface area contributed by atoms with Crippen LogP contribution in [0.4, 0.5) is 10.2 Å². The van der Waals surface area contributed by atoms with E-state index in [9.17, 15) is 4.39 Å². The molecule has 4 nitrogen and oxygen atoms in total. The summed E-state index contributed by atoms with van der Waals surface area (Å²) in [6.45, 7) is 1.78. The monoisotopic (exact) mass is 344 g/mol. The summed E-state index contributed by atoms with van der Waals surface area (Å²) < 4.78 is 15.5. The molecule has 0 radical (unpaired) electrons. The summed E-state index contributed by atoms with van der Waals surface area (Å²) in [7, 11) is 1.93. The molecular formula is C18H18ClFN4. The van der Waals surface area contributed by atoms with Crippen molar-refractivity contribution in [2.75, 3.05) is 18.0 Å². The van der Waals surface area contributed by atoms with E-state index in [1.54, 1.807) is 18.2 Å². The van der Waals surface area contributed by atoms with Crippen LogP contribution in [0.1, 0.15) is 12.1 Å². The Morgan fingerprint density at radius 2 is 2.17 bits per heavy atom. The lowest BCUT2D eigenvalue weighted by Gasteiger charge is -2.20. The van der Waals surface area contributed by atoms with Gasteiger partial charge in [0.1, 0.15) is 16.8 Å². The predicted molar refractivity (Wildman–Crippen MR) is 93.9 cm³/mol. The Labute approximate surface area is 144 Å². The largest absolute Gasteiger partial charge is 0.356 e. The Kier molecular flexibility index (Phi) is 3.88. The maximum atomic E-state index is 13.7. The van der Waals surface area contributed by atoms with Crippen LogP contribution in [-0.2, 0) is 13.5 Å². The first-order valence-corrected chi connectivity index (χ1v) is 8.45. The summed E-state index contributed by atoms with van der Waals surface area (Å²) in [5.41, 5.74) is 1.11. The number of benzene rings is 1. The summed E-state index contributed by atoms with van der Waals surface area (Å²) in [4.78, 5) is 6.68. The van der Waals surface area contributed by atoms with Crippen molar-refractivity contribution in [1.82, 2.24) is 14.8 Å². The van der Waals surface area contributed by atoms with E-state index in [-0.39, 0.29) is 5.82 Å². The minimum absolute atomic E-state index is 0.253. The minimum atomic E-state index is -0.253. The average Bonchev–Trinajstić information content (AvgIpc) is 3.16. The van der Waals surface area contributed by atoms with E-state index in [1.807, 2.05) is 17.9 Å². The third-order valence-electron chi connectivity index (χ3n) is 4.60. The van der Waals surface area contributed by atoms with Crippen molar-refractivity contribution in [2.24, 2.45) is 13.0 Å². The van der Waals surface area contributed by atoms with Gasteiger partial charge < -0.3 is 4.90 Å². The highest BCUT2D eigenvalue weighted by molar-refractivity contribution is 6.30. The lowest BCUT2D eigenvalue weighted by molar-refractivity contribution is 0.570. The van der Waals surface area contributed by atoms with Gasteiger partial charge in [0.05, 0.1) is 5.69 Å². The molecule has 1 aliphatic heterocycles. The van der Waals surface area contributed by atoms with Gasteiger partial charge in [-0.1, -0.05) is 17.7 Å². The molecular weight excluding hydrogens is 327 g/mol. The summed E-state index contributed by atoms with van der Waals surface area (Å²) >= 11 is 6.17. The molecule has 6 heteroatoms. The second-order valence-corrected chi connectivity index (χ2v) is 6.81. The molecule has 1 unspecified atom stereocenters. The first-order chi connectivity index (χ1) is 11.6. The fraction of sp³-hybridized carbons (Fsp3) is 0.333. The number of hydrogen-bond donors (Lipinski definition) is 0. The molecule has 4 rings (SSSR count). The van der Waals surface area contributed by atoms with Gasteiger partial charge in [0, 0.05) is 31.7 Å². The van der Waals surface area contributed by atoms with Crippen molar-refractivity contribution in [3.8, 4) is 0 Å². The van der Waals surface area contributed by atoms with Gasteiger partial charge in [0.2, 0.25) is 0 Å². The zero-order chi connectivity index (χ0) is 16.7. The van der Waals surface area contributed by atoms with Crippen LogP contribution in [0, 0.1) is 11.7 Å². The van der Waals surface area contributed by atoms with Crippen molar-refractivity contribution in [3.63, 3.8) is 0 Å². The Hall–Kier alpha value is -2.14. The highest BCUT2D eigenvalue weighted by atomic mass is 35.5. The first-order valence-electron chi connectivity index (χ1n) is 8.08.